The van der Waals surface area contributed by atoms with Crippen molar-refractivity contribution in [1.29, 1.82) is 0 Å². The number of aromatic nitrogens is 1. The minimum atomic E-state index is 1.07. The van der Waals surface area contributed by atoms with Crippen molar-refractivity contribution in [3.05, 3.63) is 41.1 Å². The van der Waals surface area contributed by atoms with Crippen LogP contribution in [0.3, 0.4) is 0 Å². The SMILES string of the molecule is CC(C)=Cn1c2c(c3ccccc31)CN(C)CC2. The first-order chi connectivity index (χ1) is 8.66. The first kappa shape index (κ1) is 11.5. The lowest BCUT2D eigenvalue weighted by atomic mass is 10.1. The molecule has 0 N–H and O–H groups in total. The van der Waals surface area contributed by atoms with Crippen LogP contribution in [0.4, 0.5) is 0 Å². The van der Waals surface area contributed by atoms with Gasteiger partial charge >= 0.3 is 0 Å². The Kier molecular flexibility index (Phi) is 2.75. The van der Waals surface area contributed by atoms with E-state index in [2.05, 4.69) is 60.8 Å². The monoisotopic (exact) mass is 240 g/mol. The molecular formula is C16H20N2. The quantitative estimate of drug-likeness (QED) is 0.740. The first-order valence-electron chi connectivity index (χ1n) is 6.61. The lowest BCUT2D eigenvalue weighted by Crippen LogP contribution is -2.26. The van der Waals surface area contributed by atoms with Gasteiger partial charge in [-0.15, -0.1) is 0 Å². The van der Waals surface area contributed by atoms with Gasteiger partial charge in [-0.2, -0.15) is 0 Å². The van der Waals surface area contributed by atoms with Gasteiger partial charge < -0.3 is 9.47 Å². The molecule has 0 aliphatic carbocycles. The van der Waals surface area contributed by atoms with Crippen molar-refractivity contribution in [2.24, 2.45) is 0 Å². The molecule has 0 fully saturated rings. The van der Waals surface area contributed by atoms with E-state index in [1.54, 1.807) is 0 Å². The van der Waals surface area contributed by atoms with E-state index in [0.717, 1.165) is 19.5 Å². The smallest absolute Gasteiger partial charge is 0.0528 e. The van der Waals surface area contributed by atoms with Crippen molar-refractivity contribution in [2.45, 2.75) is 26.8 Å². The van der Waals surface area contributed by atoms with Crippen LogP contribution in [-0.4, -0.2) is 23.1 Å². The Morgan fingerprint density at radius 2 is 2.00 bits per heavy atom. The molecule has 0 unspecified atom stereocenters. The summed E-state index contributed by atoms with van der Waals surface area (Å²) in [6.45, 7) is 6.55. The number of likely N-dealkylation sites (N-methyl/N-ethyl adjacent to an activating group) is 1. The molecule has 2 heteroatoms. The minimum Gasteiger partial charge on any atom is -0.320 e. The van der Waals surface area contributed by atoms with E-state index in [1.165, 1.54) is 27.7 Å². The fourth-order valence-corrected chi connectivity index (χ4v) is 2.88. The van der Waals surface area contributed by atoms with Crippen LogP contribution in [0, 0.1) is 0 Å². The predicted octanol–water partition coefficient (Wildman–Crippen LogP) is 3.51. The van der Waals surface area contributed by atoms with Crippen LogP contribution < -0.4 is 0 Å². The third-order valence-electron chi connectivity index (χ3n) is 3.67. The van der Waals surface area contributed by atoms with Crippen molar-refractivity contribution in [1.82, 2.24) is 9.47 Å². The van der Waals surface area contributed by atoms with Gasteiger partial charge in [-0.1, -0.05) is 23.8 Å². The molecular weight excluding hydrogens is 220 g/mol. The average molecular weight is 240 g/mol. The zero-order valence-corrected chi connectivity index (χ0v) is 11.4. The summed E-state index contributed by atoms with van der Waals surface area (Å²) in [6, 6.07) is 8.76. The molecule has 0 bridgehead atoms. The van der Waals surface area contributed by atoms with Crippen LogP contribution in [0.5, 0.6) is 0 Å². The molecule has 1 aromatic carbocycles. The topological polar surface area (TPSA) is 8.17 Å². The number of allylic oxidation sites excluding steroid dienone is 1. The molecule has 0 amide bonds. The summed E-state index contributed by atoms with van der Waals surface area (Å²) in [7, 11) is 2.20. The van der Waals surface area contributed by atoms with Gasteiger partial charge in [0, 0.05) is 36.8 Å². The normalized spacial score (nSPS) is 15.7. The third-order valence-corrected chi connectivity index (χ3v) is 3.67. The van der Waals surface area contributed by atoms with Gasteiger partial charge in [-0.3, -0.25) is 0 Å². The Hall–Kier alpha value is -1.54. The maximum absolute atomic E-state index is 2.40. The second-order valence-corrected chi connectivity index (χ2v) is 5.51. The molecule has 3 rings (SSSR count). The highest BCUT2D eigenvalue weighted by atomic mass is 15.1. The molecule has 1 aliphatic heterocycles. The lowest BCUT2D eigenvalue weighted by Gasteiger charge is -2.23. The van der Waals surface area contributed by atoms with Gasteiger partial charge in [0.05, 0.1) is 5.52 Å². The summed E-state index contributed by atoms with van der Waals surface area (Å²) in [6.07, 6.45) is 3.41. The second kappa shape index (κ2) is 4.29. The molecule has 2 nitrogen and oxygen atoms in total. The standard InChI is InChI=1S/C16H20N2/c1-12(2)10-18-15-7-5-4-6-13(15)14-11-17(3)9-8-16(14)18/h4-7,10H,8-9,11H2,1-3H3. The number of hydrogen-bond donors (Lipinski definition) is 0. The summed E-state index contributed by atoms with van der Waals surface area (Å²) < 4.78 is 2.40. The van der Waals surface area contributed by atoms with Crippen LogP contribution in [0.25, 0.3) is 17.1 Å². The van der Waals surface area contributed by atoms with Crippen LogP contribution in [-0.2, 0) is 13.0 Å². The third kappa shape index (κ3) is 1.77. The highest BCUT2D eigenvalue weighted by Gasteiger charge is 2.21. The summed E-state index contributed by atoms with van der Waals surface area (Å²) in [5.74, 6) is 0. The summed E-state index contributed by atoms with van der Waals surface area (Å²) >= 11 is 0. The summed E-state index contributed by atoms with van der Waals surface area (Å²) in [4.78, 5) is 2.40. The maximum Gasteiger partial charge on any atom is 0.0528 e. The van der Waals surface area contributed by atoms with E-state index in [0.29, 0.717) is 0 Å². The molecule has 18 heavy (non-hydrogen) atoms. The van der Waals surface area contributed by atoms with Crippen LogP contribution in [0.2, 0.25) is 0 Å². The molecule has 94 valence electrons. The largest absolute Gasteiger partial charge is 0.320 e. The molecule has 0 saturated heterocycles. The Bertz CT molecular complexity index is 615. The van der Waals surface area contributed by atoms with E-state index >= 15 is 0 Å². The van der Waals surface area contributed by atoms with Gasteiger partial charge in [0.15, 0.2) is 0 Å². The number of nitrogens with zero attached hydrogens (tertiary/aromatic N) is 2. The van der Waals surface area contributed by atoms with E-state index < -0.39 is 0 Å². The van der Waals surface area contributed by atoms with E-state index in [9.17, 15) is 0 Å². The fraction of sp³-hybridized carbons (Fsp3) is 0.375. The van der Waals surface area contributed by atoms with Crippen molar-refractivity contribution in [3.63, 3.8) is 0 Å². The Balaban J connectivity index is 2.31. The average Bonchev–Trinajstić information content (AvgIpc) is 2.64. The number of fused-ring (bicyclic) bond motifs is 3. The number of hydrogen-bond acceptors (Lipinski definition) is 1. The van der Waals surface area contributed by atoms with Gasteiger partial charge in [-0.25, -0.2) is 0 Å². The lowest BCUT2D eigenvalue weighted by molar-refractivity contribution is 0.312. The molecule has 0 saturated carbocycles. The highest BCUT2D eigenvalue weighted by Crippen LogP contribution is 2.30. The van der Waals surface area contributed by atoms with E-state index in [-0.39, 0.29) is 0 Å². The number of benzene rings is 1. The maximum atomic E-state index is 2.40. The van der Waals surface area contributed by atoms with Crippen molar-refractivity contribution in [2.75, 3.05) is 13.6 Å². The Morgan fingerprint density at radius 1 is 1.22 bits per heavy atom. The van der Waals surface area contributed by atoms with Gasteiger partial charge in [0.25, 0.3) is 0 Å². The Morgan fingerprint density at radius 3 is 2.78 bits per heavy atom. The molecule has 0 spiro atoms. The number of para-hydroxylation sites is 1. The molecule has 2 heterocycles. The summed E-state index contributed by atoms with van der Waals surface area (Å²) in [5, 5.41) is 1.41. The molecule has 0 atom stereocenters. The zero-order valence-electron chi connectivity index (χ0n) is 11.4. The zero-order chi connectivity index (χ0) is 12.7. The van der Waals surface area contributed by atoms with Crippen molar-refractivity contribution >= 4 is 17.1 Å². The van der Waals surface area contributed by atoms with Gasteiger partial charge in [0.2, 0.25) is 0 Å². The van der Waals surface area contributed by atoms with Crippen LogP contribution in [0.1, 0.15) is 25.1 Å². The van der Waals surface area contributed by atoms with E-state index in [4.69, 9.17) is 0 Å². The second-order valence-electron chi connectivity index (χ2n) is 5.51. The van der Waals surface area contributed by atoms with Crippen LogP contribution in [0.15, 0.2) is 29.8 Å². The molecule has 1 aliphatic rings. The fourth-order valence-electron chi connectivity index (χ4n) is 2.88. The van der Waals surface area contributed by atoms with Crippen LogP contribution >= 0.6 is 0 Å². The number of rotatable bonds is 1. The predicted molar refractivity (Wildman–Crippen MR) is 77.6 cm³/mol. The van der Waals surface area contributed by atoms with Crippen molar-refractivity contribution < 1.29 is 0 Å². The summed E-state index contributed by atoms with van der Waals surface area (Å²) in [5.41, 5.74) is 5.70. The first-order valence-corrected chi connectivity index (χ1v) is 6.61. The van der Waals surface area contributed by atoms with Gasteiger partial charge in [0.1, 0.15) is 0 Å². The van der Waals surface area contributed by atoms with E-state index in [1.807, 2.05) is 0 Å². The Labute approximate surface area is 109 Å². The van der Waals surface area contributed by atoms with Crippen molar-refractivity contribution in [3.8, 4) is 0 Å². The molecule has 2 aromatic rings. The minimum absolute atomic E-state index is 1.07. The highest BCUT2D eigenvalue weighted by molar-refractivity contribution is 5.87. The van der Waals surface area contributed by atoms with Gasteiger partial charge in [-0.05, 0) is 32.5 Å². The molecule has 1 aromatic heterocycles. The molecule has 0 radical (unpaired) electrons.